The molecule has 1 aliphatic heterocycles. The van der Waals surface area contributed by atoms with Crippen LogP contribution in [0.4, 0.5) is 11.4 Å². The lowest BCUT2D eigenvalue weighted by atomic mass is 10.2. The van der Waals surface area contributed by atoms with E-state index in [2.05, 4.69) is 10.6 Å². The van der Waals surface area contributed by atoms with Gasteiger partial charge < -0.3 is 15.5 Å². The summed E-state index contributed by atoms with van der Waals surface area (Å²) >= 11 is 0. The van der Waals surface area contributed by atoms with Gasteiger partial charge >= 0.3 is 0 Å². The number of rotatable bonds is 9. The Morgan fingerprint density at radius 1 is 0.892 bits per heavy atom. The molecule has 1 aliphatic rings. The number of hydrogen-bond donors (Lipinski definition) is 2. The number of nitrogens with one attached hydrogen (secondary N) is 2. The van der Waals surface area contributed by atoms with Crippen LogP contribution in [0.2, 0.25) is 0 Å². The summed E-state index contributed by atoms with van der Waals surface area (Å²) in [5.41, 5.74) is 1.85. The first-order chi connectivity index (χ1) is 17.7. The minimum absolute atomic E-state index is 0.125. The maximum Gasteiger partial charge on any atom is 0.247 e. The summed E-state index contributed by atoms with van der Waals surface area (Å²) in [4.78, 5) is 37.9. The molecule has 3 amide bonds. The molecule has 37 heavy (non-hydrogen) atoms. The Kier molecular flexibility index (Phi) is 9.99. The highest BCUT2D eigenvalue weighted by molar-refractivity contribution is 7.89. The highest BCUT2D eigenvalue weighted by Gasteiger charge is 2.24. The molecule has 3 rings (SSSR count). The topological polar surface area (TPSA) is 116 Å². The molecule has 2 N–H and O–H groups in total. The Hall–Kier alpha value is -3.50. The highest BCUT2D eigenvalue weighted by atomic mass is 32.2. The van der Waals surface area contributed by atoms with Gasteiger partial charge in [0.1, 0.15) is 6.54 Å². The number of benzene rings is 2. The van der Waals surface area contributed by atoms with Crippen LogP contribution >= 0.6 is 0 Å². The van der Waals surface area contributed by atoms with Crippen molar-refractivity contribution in [3.05, 3.63) is 60.2 Å². The number of sulfonamides is 1. The molecule has 1 fully saturated rings. The molecule has 0 atom stereocenters. The van der Waals surface area contributed by atoms with Crippen molar-refractivity contribution in [2.75, 3.05) is 36.8 Å². The van der Waals surface area contributed by atoms with Crippen LogP contribution in [-0.4, -0.2) is 61.5 Å². The van der Waals surface area contributed by atoms with Crippen molar-refractivity contribution in [2.45, 2.75) is 44.4 Å². The fraction of sp³-hybridized carbons (Fsp3) is 0.370. The quantitative estimate of drug-likeness (QED) is 0.483. The number of hydrogen-bond acceptors (Lipinski definition) is 5. The maximum absolute atomic E-state index is 12.9. The van der Waals surface area contributed by atoms with Crippen molar-refractivity contribution >= 4 is 45.2 Å². The van der Waals surface area contributed by atoms with Gasteiger partial charge in [-0.05, 0) is 67.8 Å². The standard InChI is InChI=1S/C27H34N4O5S/c1-3-30(20-26(33)29-24-13-11-23(12-14-24)28-21(2)32)27(34)17-10-22-8-15-25(16-9-22)37(35,36)31-18-6-4-5-7-19-31/h8-17H,3-7,18-20H2,1-2H3,(H,28,32)(H,29,33). The fourth-order valence-electron chi connectivity index (χ4n) is 4.01. The van der Waals surface area contributed by atoms with Crippen LogP contribution in [0.5, 0.6) is 0 Å². The number of nitrogens with zero attached hydrogens (tertiary/aromatic N) is 2. The first-order valence-electron chi connectivity index (χ1n) is 12.4. The molecule has 0 radical (unpaired) electrons. The normalized spacial score (nSPS) is 14.6. The van der Waals surface area contributed by atoms with Crippen molar-refractivity contribution < 1.29 is 22.8 Å². The number of carbonyl (C=O) groups is 3. The van der Waals surface area contributed by atoms with Crippen LogP contribution in [0, 0.1) is 0 Å². The lowest BCUT2D eigenvalue weighted by molar-refractivity contribution is -0.130. The van der Waals surface area contributed by atoms with Crippen LogP contribution < -0.4 is 10.6 Å². The second-order valence-electron chi connectivity index (χ2n) is 8.88. The van der Waals surface area contributed by atoms with E-state index < -0.39 is 10.0 Å². The lowest BCUT2D eigenvalue weighted by Gasteiger charge is -2.20. The molecule has 1 saturated heterocycles. The minimum atomic E-state index is -3.53. The molecule has 198 valence electrons. The molecule has 2 aromatic carbocycles. The average Bonchev–Trinajstić information content (AvgIpc) is 3.17. The Labute approximate surface area is 218 Å². The van der Waals surface area contributed by atoms with Gasteiger partial charge in [0.05, 0.1) is 4.90 Å². The summed E-state index contributed by atoms with van der Waals surface area (Å²) in [6.07, 6.45) is 6.82. The van der Waals surface area contributed by atoms with Crippen molar-refractivity contribution in [1.29, 1.82) is 0 Å². The van der Waals surface area contributed by atoms with E-state index in [0.717, 1.165) is 25.7 Å². The van der Waals surface area contributed by atoms with E-state index in [9.17, 15) is 22.8 Å². The summed E-state index contributed by atoms with van der Waals surface area (Å²) in [5, 5.41) is 5.39. The second-order valence-corrected chi connectivity index (χ2v) is 10.8. The number of likely N-dealkylation sites (N-methyl/N-ethyl adjacent to an activating group) is 1. The zero-order chi connectivity index (χ0) is 26.8. The Morgan fingerprint density at radius 2 is 1.46 bits per heavy atom. The third-order valence-electron chi connectivity index (χ3n) is 6.02. The van der Waals surface area contributed by atoms with Gasteiger partial charge in [0.2, 0.25) is 27.7 Å². The lowest BCUT2D eigenvalue weighted by Crippen LogP contribution is -2.36. The van der Waals surface area contributed by atoms with Gasteiger partial charge in [-0.25, -0.2) is 8.42 Å². The molecule has 0 spiro atoms. The van der Waals surface area contributed by atoms with Crippen molar-refractivity contribution in [2.24, 2.45) is 0 Å². The van der Waals surface area contributed by atoms with Crippen molar-refractivity contribution in [3.8, 4) is 0 Å². The Morgan fingerprint density at radius 3 is 2.00 bits per heavy atom. The van der Waals surface area contributed by atoms with Crippen LogP contribution in [0.3, 0.4) is 0 Å². The van der Waals surface area contributed by atoms with E-state index in [0.29, 0.717) is 36.6 Å². The molecule has 9 nitrogen and oxygen atoms in total. The van der Waals surface area contributed by atoms with Gasteiger partial charge in [-0.1, -0.05) is 25.0 Å². The van der Waals surface area contributed by atoms with E-state index in [-0.39, 0.29) is 29.2 Å². The third-order valence-corrected chi connectivity index (χ3v) is 7.93. The van der Waals surface area contributed by atoms with E-state index in [1.54, 1.807) is 65.8 Å². The molecule has 1 heterocycles. The fourth-order valence-corrected chi connectivity index (χ4v) is 5.53. The van der Waals surface area contributed by atoms with Crippen LogP contribution in [0.1, 0.15) is 45.1 Å². The van der Waals surface area contributed by atoms with Crippen LogP contribution in [0.15, 0.2) is 59.5 Å². The summed E-state index contributed by atoms with van der Waals surface area (Å²) in [6.45, 7) is 4.50. The molecule has 0 aliphatic carbocycles. The summed E-state index contributed by atoms with van der Waals surface area (Å²) in [5.74, 6) is -0.866. The zero-order valence-electron chi connectivity index (χ0n) is 21.3. The molecule has 0 aromatic heterocycles. The molecule has 0 bridgehead atoms. The largest absolute Gasteiger partial charge is 0.330 e. The monoisotopic (exact) mass is 526 g/mol. The van der Waals surface area contributed by atoms with Gasteiger partial charge in [0, 0.05) is 44.0 Å². The maximum atomic E-state index is 12.9. The summed E-state index contributed by atoms with van der Waals surface area (Å²) in [7, 11) is -3.53. The number of anilines is 2. The molecule has 0 unspecified atom stereocenters. The van der Waals surface area contributed by atoms with Crippen molar-refractivity contribution in [1.82, 2.24) is 9.21 Å². The number of amides is 3. The van der Waals surface area contributed by atoms with Gasteiger partial charge in [-0.15, -0.1) is 0 Å². The third kappa shape index (κ3) is 8.26. The van der Waals surface area contributed by atoms with Gasteiger partial charge in [0.25, 0.3) is 0 Å². The zero-order valence-corrected chi connectivity index (χ0v) is 22.1. The Balaban J connectivity index is 1.56. The van der Waals surface area contributed by atoms with Crippen LogP contribution in [-0.2, 0) is 24.4 Å². The van der Waals surface area contributed by atoms with Gasteiger partial charge in [0.15, 0.2) is 0 Å². The van der Waals surface area contributed by atoms with E-state index in [1.807, 2.05) is 0 Å². The Bertz CT molecular complexity index is 1220. The molecular weight excluding hydrogens is 492 g/mol. The van der Waals surface area contributed by atoms with E-state index >= 15 is 0 Å². The average molecular weight is 527 g/mol. The van der Waals surface area contributed by atoms with Crippen molar-refractivity contribution in [3.63, 3.8) is 0 Å². The predicted molar refractivity (Wildman–Crippen MR) is 144 cm³/mol. The number of carbonyl (C=O) groups excluding carboxylic acids is 3. The van der Waals surface area contributed by atoms with E-state index in [1.165, 1.54) is 17.9 Å². The van der Waals surface area contributed by atoms with Gasteiger partial charge in [-0.3, -0.25) is 14.4 Å². The molecular formula is C27H34N4O5S. The van der Waals surface area contributed by atoms with Crippen LogP contribution in [0.25, 0.3) is 6.08 Å². The predicted octanol–water partition coefficient (Wildman–Crippen LogP) is 3.71. The molecule has 10 heteroatoms. The van der Waals surface area contributed by atoms with E-state index in [4.69, 9.17) is 0 Å². The molecule has 0 saturated carbocycles. The molecule has 2 aromatic rings. The summed E-state index contributed by atoms with van der Waals surface area (Å²) < 4.78 is 27.4. The first kappa shape index (κ1) is 28.1. The summed E-state index contributed by atoms with van der Waals surface area (Å²) in [6, 6.07) is 13.1. The second kappa shape index (κ2) is 13.2. The smallest absolute Gasteiger partial charge is 0.247 e. The SMILES string of the molecule is CCN(CC(=O)Nc1ccc(NC(C)=O)cc1)C(=O)C=Cc1ccc(S(=O)(=O)N2CCCCCC2)cc1. The highest BCUT2D eigenvalue weighted by Crippen LogP contribution is 2.21. The van der Waals surface area contributed by atoms with Gasteiger partial charge in [-0.2, -0.15) is 4.31 Å². The minimum Gasteiger partial charge on any atom is -0.330 e. The first-order valence-corrected chi connectivity index (χ1v) is 13.9.